The van der Waals surface area contributed by atoms with Crippen LogP contribution in [0.1, 0.15) is 36.3 Å². The molecule has 154 valence electrons. The maximum Gasteiger partial charge on any atom is 0.305 e. The van der Waals surface area contributed by atoms with E-state index in [1.807, 2.05) is 42.5 Å². The van der Waals surface area contributed by atoms with Crippen molar-refractivity contribution < 1.29 is 9.53 Å². The summed E-state index contributed by atoms with van der Waals surface area (Å²) >= 11 is 5.70. The van der Waals surface area contributed by atoms with Gasteiger partial charge in [0.05, 0.1) is 24.9 Å². The van der Waals surface area contributed by atoms with Crippen LogP contribution in [0.15, 0.2) is 73.1 Å². The summed E-state index contributed by atoms with van der Waals surface area (Å²) in [6.45, 7) is 0.648. The fourth-order valence-corrected chi connectivity index (χ4v) is 4.25. The number of methoxy groups -OCH3 is 1. The smallest absolute Gasteiger partial charge is 0.305 e. The van der Waals surface area contributed by atoms with E-state index >= 15 is 0 Å². The minimum atomic E-state index is -0.210. The molecule has 4 rings (SSSR count). The third-order valence-corrected chi connectivity index (χ3v) is 5.68. The first-order valence-corrected chi connectivity index (χ1v) is 10.4. The molecular formula is C23H24N4O2S. The summed E-state index contributed by atoms with van der Waals surface area (Å²) in [4.78, 5) is 18.3. The number of ether oxygens (including phenoxy) is 1. The van der Waals surface area contributed by atoms with Crippen LogP contribution in [0.2, 0.25) is 0 Å². The minimum absolute atomic E-state index is 0.0553. The quantitative estimate of drug-likeness (QED) is 0.464. The molecule has 2 atom stereocenters. The normalized spacial score (nSPS) is 18.3. The number of benzene rings is 1. The summed E-state index contributed by atoms with van der Waals surface area (Å²) in [5, 5.41) is 4.12. The summed E-state index contributed by atoms with van der Waals surface area (Å²) in [6, 6.07) is 20.2. The zero-order valence-corrected chi connectivity index (χ0v) is 17.6. The van der Waals surface area contributed by atoms with Crippen molar-refractivity contribution in [1.29, 1.82) is 0 Å². The topological polar surface area (TPSA) is 59.4 Å². The minimum Gasteiger partial charge on any atom is -0.469 e. The third-order valence-electron chi connectivity index (χ3n) is 5.32. The fourth-order valence-electron chi connectivity index (χ4n) is 3.92. The number of rotatable bonds is 7. The maximum absolute atomic E-state index is 11.6. The molecule has 1 aliphatic heterocycles. The number of hydrogen-bond donors (Lipinski definition) is 1. The SMILES string of the molecule is COC(=O)CCCN1C(=S)N[C@H](c2ccccn2)[C@H]1c1cccn1-c1ccccc1. The molecule has 1 N–H and O–H groups in total. The molecule has 30 heavy (non-hydrogen) atoms. The zero-order valence-electron chi connectivity index (χ0n) is 16.8. The van der Waals surface area contributed by atoms with Crippen LogP contribution in [-0.4, -0.2) is 39.2 Å². The highest BCUT2D eigenvalue weighted by Crippen LogP contribution is 2.39. The Kier molecular flexibility index (Phi) is 6.09. The van der Waals surface area contributed by atoms with Gasteiger partial charge in [-0.15, -0.1) is 0 Å². The molecule has 0 aliphatic carbocycles. The number of thiocarbonyl (C=S) groups is 1. The van der Waals surface area contributed by atoms with Crippen molar-refractivity contribution in [3.8, 4) is 5.69 Å². The van der Waals surface area contributed by atoms with Crippen molar-refractivity contribution in [2.24, 2.45) is 0 Å². The molecule has 0 radical (unpaired) electrons. The second kappa shape index (κ2) is 9.09. The van der Waals surface area contributed by atoms with Gasteiger partial charge in [0.2, 0.25) is 0 Å². The lowest BCUT2D eigenvalue weighted by atomic mass is 10.0. The molecule has 7 heteroatoms. The van der Waals surface area contributed by atoms with E-state index in [2.05, 4.69) is 44.2 Å². The van der Waals surface area contributed by atoms with Gasteiger partial charge in [0.25, 0.3) is 0 Å². The summed E-state index contributed by atoms with van der Waals surface area (Å²) in [5.41, 5.74) is 3.13. The largest absolute Gasteiger partial charge is 0.469 e. The number of nitrogens with one attached hydrogen (secondary N) is 1. The summed E-state index contributed by atoms with van der Waals surface area (Å²) in [6.07, 6.45) is 4.88. The van der Waals surface area contributed by atoms with E-state index in [4.69, 9.17) is 17.0 Å². The molecule has 0 saturated carbocycles. The van der Waals surface area contributed by atoms with Crippen molar-refractivity contribution in [2.45, 2.75) is 24.9 Å². The lowest BCUT2D eigenvalue weighted by Crippen LogP contribution is -2.31. The van der Waals surface area contributed by atoms with Gasteiger partial charge in [-0.3, -0.25) is 9.78 Å². The van der Waals surface area contributed by atoms with Gasteiger partial charge in [0, 0.05) is 36.7 Å². The zero-order chi connectivity index (χ0) is 20.9. The Labute approximate surface area is 181 Å². The van der Waals surface area contributed by atoms with Crippen molar-refractivity contribution >= 4 is 23.3 Å². The number of nitrogens with zero attached hydrogens (tertiary/aromatic N) is 3. The molecular weight excluding hydrogens is 396 g/mol. The van der Waals surface area contributed by atoms with Crippen LogP contribution < -0.4 is 5.32 Å². The summed E-state index contributed by atoms with van der Waals surface area (Å²) < 4.78 is 6.97. The van der Waals surface area contributed by atoms with E-state index in [9.17, 15) is 4.79 Å². The maximum atomic E-state index is 11.6. The van der Waals surface area contributed by atoms with E-state index in [1.54, 1.807) is 6.20 Å². The van der Waals surface area contributed by atoms with Gasteiger partial charge in [-0.2, -0.15) is 0 Å². The lowest BCUT2D eigenvalue weighted by Gasteiger charge is -2.29. The molecule has 0 amide bonds. The third kappa shape index (κ3) is 4.07. The highest BCUT2D eigenvalue weighted by molar-refractivity contribution is 7.80. The van der Waals surface area contributed by atoms with E-state index in [1.165, 1.54) is 7.11 Å². The second-order valence-corrected chi connectivity index (χ2v) is 7.52. The number of esters is 1. The van der Waals surface area contributed by atoms with Crippen LogP contribution >= 0.6 is 12.2 Å². The average molecular weight is 421 g/mol. The van der Waals surface area contributed by atoms with Crippen LogP contribution in [0.3, 0.4) is 0 Å². The first kappa shape index (κ1) is 20.1. The fraction of sp³-hybridized carbons (Fsp3) is 0.261. The van der Waals surface area contributed by atoms with E-state index in [0.717, 1.165) is 17.1 Å². The van der Waals surface area contributed by atoms with Crippen LogP contribution in [0, 0.1) is 0 Å². The molecule has 1 saturated heterocycles. The number of carbonyl (C=O) groups excluding carboxylic acids is 1. The predicted molar refractivity (Wildman–Crippen MR) is 119 cm³/mol. The Morgan fingerprint density at radius 1 is 1.13 bits per heavy atom. The molecule has 1 aliphatic rings. The molecule has 2 aromatic heterocycles. The van der Waals surface area contributed by atoms with Crippen molar-refractivity contribution in [3.63, 3.8) is 0 Å². The van der Waals surface area contributed by atoms with E-state index in [-0.39, 0.29) is 18.1 Å². The van der Waals surface area contributed by atoms with Gasteiger partial charge in [-0.25, -0.2) is 0 Å². The first-order valence-electron chi connectivity index (χ1n) is 9.96. The van der Waals surface area contributed by atoms with Crippen LogP contribution in [0.25, 0.3) is 5.69 Å². The lowest BCUT2D eigenvalue weighted by molar-refractivity contribution is -0.140. The Balaban J connectivity index is 1.70. The Morgan fingerprint density at radius 3 is 2.67 bits per heavy atom. The average Bonchev–Trinajstić information content (AvgIpc) is 3.39. The summed E-state index contributed by atoms with van der Waals surface area (Å²) in [5.74, 6) is -0.210. The molecule has 3 heterocycles. The number of aromatic nitrogens is 2. The Hall–Kier alpha value is -3.19. The predicted octanol–water partition coefficient (Wildman–Crippen LogP) is 3.80. The monoisotopic (exact) mass is 420 g/mol. The van der Waals surface area contributed by atoms with Gasteiger partial charge < -0.3 is 19.5 Å². The van der Waals surface area contributed by atoms with Gasteiger partial charge in [0.15, 0.2) is 5.11 Å². The van der Waals surface area contributed by atoms with Gasteiger partial charge >= 0.3 is 5.97 Å². The standard InChI is InChI=1S/C23H24N4O2S/c1-29-20(28)13-8-16-27-22(21(25-23(27)30)18-11-5-6-14-24-18)19-12-7-15-26(19)17-9-3-2-4-10-17/h2-7,9-12,14-15,21-22H,8,13,16H2,1H3,(H,25,30)/t21-,22-/m1/s1. The van der Waals surface area contributed by atoms with E-state index in [0.29, 0.717) is 24.5 Å². The summed E-state index contributed by atoms with van der Waals surface area (Å²) in [7, 11) is 1.41. The molecule has 1 fully saturated rings. The van der Waals surface area contributed by atoms with Gasteiger partial charge in [0.1, 0.15) is 0 Å². The van der Waals surface area contributed by atoms with Crippen LogP contribution in [-0.2, 0) is 9.53 Å². The number of pyridine rings is 1. The molecule has 1 aromatic carbocycles. The Bertz CT molecular complexity index is 1010. The number of para-hydroxylation sites is 1. The van der Waals surface area contributed by atoms with Crippen molar-refractivity contribution in [3.05, 3.63) is 84.4 Å². The van der Waals surface area contributed by atoms with Gasteiger partial charge in [-0.05, 0) is 55.0 Å². The van der Waals surface area contributed by atoms with Gasteiger partial charge in [-0.1, -0.05) is 24.3 Å². The second-order valence-electron chi connectivity index (χ2n) is 7.14. The molecule has 0 spiro atoms. The highest BCUT2D eigenvalue weighted by atomic mass is 32.1. The Morgan fingerprint density at radius 2 is 1.93 bits per heavy atom. The van der Waals surface area contributed by atoms with Crippen LogP contribution in [0.5, 0.6) is 0 Å². The molecule has 0 unspecified atom stereocenters. The number of hydrogen-bond acceptors (Lipinski definition) is 4. The van der Waals surface area contributed by atoms with Crippen molar-refractivity contribution in [1.82, 2.24) is 19.8 Å². The molecule has 3 aromatic rings. The first-order chi connectivity index (χ1) is 14.7. The molecule has 6 nitrogen and oxygen atoms in total. The van der Waals surface area contributed by atoms with Crippen molar-refractivity contribution in [2.75, 3.05) is 13.7 Å². The highest BCUT2D eigenvalue weighted by Gasteiger charge is 2.41. The number of carbonyl (C=O) groups is 1. The molecule has 0 bridgehead atoms. The van der Waals surface area contributed by atoms with E-state index < -0.39 is 0 Å². The van der Waals surface area contributed by atoms with Crippen LogP contribution in [0.4, 0.5) is 0 Å².